The number of nitrogens with one attached hydrogen (secondary N) is 1. The lowest BCUT2D eigenvalue weighted by molar-refractivity contribution is -0.384. The molecule has 1 saturated heterocycles. The molecule has 1 aromatic carbocycles. The fourth-order valence-electron chi connectivity index (χ4n) is 5.20. The van der Waals surface area contributed by atoms with Gasteiger partial charge in [-0.15, -0.1) is 0 Å². The minimum atomic E-state index is -0.445. The molecule has 146 valence electrons. The number of carbonyl (C=O) groups excluding carboxylic acids is 1. The second kappa shape index (κ2) is 7.46. The first kappa shape index (κ1) is 18.2. The fraction of sp³-hybridized carbons (Fsp3) is 0.650. The van der Waals surface area contributed by atoms with E-state index in [4.69, 9.17) is 4.74 Å². The normalized spacial score (nSPS) is 28.2. The van der Waals surface area contributed by atoms with Gasteiger partial charge in [0.25, 0.3) is 11.6 Å². The summed E-state index contributed by atoms with van der Waals surface area (Å²) in [6, 6.07) is 4.67. The topological polar surface area (TPSA) is 84.7 Å². The summed E-state index contributed by atoms with van der Waals surface area (Å²) in [4.78, 5) is 25.9. The van der Waals surface area contributed by atoms with Crippen LogP contribution in [0, 0.1) is 27.9 Å². The van der Waals surface area contributed by atoms with Gasteiger partial charge < -0.3 is 15.0 Å². The number of carbonyl (C=O) groups is 1. The summed E-state index contributed by atoms with van der Waals surface area (Å²) in [5.41, 5.74) is 1.09. The maximum absolute atomic E-state index is 13.1. The van der Waals surface area contributed by atoms with Gasteiger partial charge in [-0.3, -0.25) is 14.9 Å². The third-order valence-corrected chi connectivity index (χ3v) is 6.58. The quantitative estimate of drug-likeness (QED) is 0.633. The number of nitro benzene ring substituents is 1. The highest BCUT2D eigenvalue weighted by Gasteiger charge is 2.42. The molecule has 1 N–H and O–H groups in total. The predicted octanol–water partition coefficient (Wildman–Crippen LogP) is 2.99. The predicted molar refractivity (Wildman–Crippen MR) is 102 cm³/mol. The third-order valence-electron chi connectivity index (χ3n) is 6.58. The maximum atomic E-state index is 13.1. The molecule has 4 unspecified atom stereocenters. The lowest BCUT2D eigenvalue weighted by Crippen LogP contribution is -2.42. The highest BCUT2D eigenvalue weighted by atomic mass is 16.6. The Kier molecular flexibility index (Phi) is 5.04. The summed E-state index contributed by atoms with van der Waals surface area (Å²) in [5, 5.41) is 14.4. The molecule has 2 aliphatic carbocycles. The Hall–Kier alpha value is -2.15. The van der Waals surface area contributed by atoms with E-state index in [1.807, 2.05) is 0 Å². The van der Waals surface area contributed by atoms with Crippen molar-refractivity contribution in [2.24, 2.45) is 17.8 Å². The molecule has 4 atom stereocenters. The van der Waals surface area contributed by atoms with Crippen molar-refractivity contribution >= 4 is 17.3 Å². The summed E-state index contributed by atoms with van der Waals surface area (Å²) < 4.78 is 5.39. The SMILES string of the molecule is CC(NC(=O)c1cc([N+](=O)[O-])ccc1N1CCOCC1)C1CC2CCC1C2. The van der Waals surface area contributed by atoms with Crippen molar-refractivity contribution in [3.63, 3.8) is 0 Å². The number of rotatable bonds is 5. The molecule has 1 amide bonds. The molecule has 0 radical (unpaired) electrons. The van der Waals surface area contributed by atoms with Gasteiger partial charge in [-0.25, -0.2) is 0 Å². The molecule has 1 heterocycles. The number of nitrogens with zero attached hydrogens (tertiary/aromatic N) is 2. The number of hydrogen-bond acceptors (Lipinski definition) is 5. The van der Waals surface area contributed by atoms with Gasteiger partial charge in [0.15, 0.2) is 0 Å². The van der Waals surface area contributed by atoms with Crippen molar-refractivity contribution in [2.45, 2.75) is 38.6 Å². The molecule has 27 heavy (non-hydrogen) atoms. The molecule has 2 saturated carbocycles. The van der Waals surface area contributed by atoms with E-state index in [0.717, 1.165) is 11.6 Å². The smallest absolute Gasteiger partial charge is 0.270 e. The van der Waals surface area contributed by atoms with Crippen LogP contribution in [-0.2, 0) is 4.74 Å². The van der Waals surface area contributed by atoms with E-state index in [0.29, 0.717) is 43.7 Å². The number of benzene rings is 1. The van der Waals surface area contributed by atoms with E-state index in [2.05, 4.69) is 17.1 Å². The molecule has 2 bridgehead atoms. The van der Waals surface area contributed by atoms with Gasteiger partial charge in [0.2, 0.25) is 0 Å². The van der Waals surface area contributed by atoms with Gasteiger partial charge in [0, 0.05) is 31.3 Å². The lowest BCUT2D eigenvalue weighted by atomic mass is 9.84. The van der Waals surface area contributed by atoms with Crippen LogP contribution in [-0.4, -0.2) is 43.2 Å². The van der Waals surface area contributed by atoms with E-state index in [1.165, 1.54) is 37.8 Å². The molecule has 7 heteroatoms. The first-order valence-corrected chi connectivity index (χ1v) is 9.95. The first-order chi connectivity index (χ1) is 13.0. The molecule has 4 rings (SSSR count). The minimum Gasteiger partial charge on any atom is -0.378 e. The van der Waals surface area contributed by atoms with Crippen molar-refractivity contribution in [1.82, 2.24) is 5.32 Å². The number of hydrogen-bond donors (Lipinski definition) is 1. The number of amides is 1. The number of non-ortho nitro benzene ring substituents is 1. The standard InChI is InChI=1S/C20H27N3O4/c1-13(17-11-14-2-3-15(17)10-14)21-20(24)18-12-16(23(25)26)4-5-19(18)22-6-8-27-9-7-22/h4-5,12-15,17H,2-3,6-11H2,1H3,(H,21,24). The van der Waals surface area contributed by atoms with Crippen LogP contribution in [0.3, 0.4) is 0 Å². The van der Waals surface area contributed by atoms with E-state index in [-0.39, 0.29) is 17.6 Å². The number of anilines is 1. The zero-order valence-electron chi connectivity index (χ0n) is 15.7. The molecule has 3 fully saturated rings. The molecule has 3 aliphatic rings. The van der Waals surface area contributed by atoms with E-state index in [1.54, 1.807) is 6.07 Å². The Labute approximate surface area is 159 Å². The average molecular weight is 373 g/mol. The average Bonchev–Trinajstić information content (AvgIpc) is 3.31. The van der Waals surface area contributed by atoms with Crippen molar-refractivity contribution in [3.05, 3.63) is 33.9 Å². The number of morpholine rings is 1. The van der Waals surface area contributed by atoms with Crippen LogP contribution in [0.1, 0.15) is 43.0 Å². The Balaban J connectivity index is 1.55. The molecular weight excluding hydrogens is 346 g/mol. The summed E-state index contributed by atoms with van der Waals surface area (Å²) in [6.45, 7) is 4.63. The van der Waals surface area contributed by atoms with Crippen LogP contribution < -0.4 is 10.2 Å². The van der Waals surface area contributed by atoms with E-state index in [9.17, 15) is 14.9 Å². The van der Waals surface area contributed by atoms with Gasteiger partial charge in [-0.1, -0.05) is 6.42 Å². The number of nitro groups is 1. The molecule has 1 aromatic rings. The lowest BCUT2D eigenvalue weighted by Gasteiger charge is -2.31. The van der Waals surface area contributed by atoms with Crippen LogP contribution in [0.2, 0.25) is 0 Å². The van der Waals surface area contributed by atoms with Crippen molar-refractivity contribution in [1.29, 1.82) is 0 Å². The van der Waals surface area contributed by atoms with Gasteiger partial charge in [0.05, 0.1) is 29.4 Å². The molecule has 7 nitrogen and oxygen atoms in total. The Morgan fingerprint density at radius 2 is 2.07 bits per heavy atom. The van der Waals surface area contributed by atoms with E-state index < -0.39 is 4.92 Å². The summed E-state index contributed by atoms with van der Waals surface area (Å²) in [5.74, 6) is 1.85. The van der Waals surface area contributed by atoms with Gasteiger partial charge in [-0.05, 0) is 50.0 Å². The third kappa shape index (κ3) is 3.65. The highest BCUT2D eigenvalue weighted by molar-refractivity contribution is 6.00. The summed E-state index contributed by atoms with van der Waals surface area (Å²) in [6.07, 6.45) is 5.08. The Morgan fingerprint density at radius 3 is 2.70 bits per heavy atom. The van der Waals surface area contributed by atoms with Crippen LogP contribution in [0.5, 0.6) is 0 Å². The van der Waals surface area contributed by atoms with Gasteiger partial charge in [-0.2, -0.15) is 0 Å². The van der Waals surface area contributed by atoms with Crippen LogP contribution in [0.15, 0.2) is 18.2 Å². The zero-order chi connectivity index (χ0) is 19.0. The van der Waals surface area contributed by atoms with E-state index >= 15 is 0 Å². The summed E-state index contributed by atoms with van der Waals surface area (Å²) >= 11 is 0. The molecule has 0 aromatic heterocycles. The first-order valence-electron chi connectivity index (χ1n) is 9.95. The highest BCUT2D eigenvalue weighted by Crippen LogP contribution is 2.49. The van der Waals surface area contributed by atoms with Crippen LogP contribution in [0.4, 0.5) is 11.4 Å². The monoisotopic (exact) mass is 373 g/mol. The zero-order valence-corrected chi connectivity index (χ0v) is 15.7. The van der Waals surface area contributed by atoms with Gasteiger partial charge >= 0.3 is 0 Å². The van der Waals surface area contributed by atoms with Crippen LogP contribution in [0.25, 0.3) is 0 Å². The van der Waals surface area contributed by atoms with Crippen molar-refractivity contribution in [3.8, 4) is 0 Å². The second-order valence-corrected chi connectivity index (χ2v) is 8.16. The largest absolute Gasteiger partial charge is 0.378 e. The van der Waals surface area contributed by atoms with Crippen LogP contribution >= 0.6 is 0 Å². The van der Waals surface area contributed by atoms with Crippen molar-refractivity contribution < 1.29 is 14.5 Å². The fourth-order valence-corrected chi connectivity index (χ4v) is 5.20. The summed E-state index contributed by atoms with van der Waals surface area (Å²) in [7, 11) is 0. The Bertz CT molecular complexity index is 732. The Morgan fingerprint density at radius 1 is 1.30 bits per heavy atom. The molecule has 1 aliphatic heterocycles. The number of ether oxygens (including phenoxy) is 1. The number of fused-ring (bicyclic) bond motifs is 2. The van der Waals surface area contributed by atoms with Crippen molar-refractivity contribution in [2.75, 3.05) is 31.2 Å². The maximum Gasteiger partial charge on any atom is 0.270 e. The molecular formula is C20H27N3O4. The second-order valence-electron chi connectivity index (χ2n) is 8.16. The molecule has 0 spiro atoms. The minimum absolute atomic E-state index is 0.0512. The van der Waals surface area contributed by atoms with Gasteiger partial charge in [0.1, 0.15) is 0 Å².